The minimum Gasteiger partial charge on any atom is -0.338 e. The number of nitrogens with zero attached hydrogens (tertiary/aromatic N) is 1. The van der Waals surface area contributed by atoms with Crippen LogP contribution < -0.4 is 4.90 Å². The fourth-order valence-corrected chi connectivity index (χ4v) is 4.46. The van der Waals surface area contributed by atoms with E-state index in [1.54, 1.807) is 4.90 Å². The van der Waals surface area contributed by atoms with Crippen LogP contribution in [0.1, 0.15) is 35.1 Å². The van der Waals surface area contributed by atoms with Crippen LogP contribution >= 0.6 is 0 Å². The van der Waals surface area contributed by atoms with Gasteiger partial charge in [-0.3, -0.25) is 4.79 Å². The topological polar surface area (TPSA) is 24.8 Å². The molecule has 3 nitrogen and oxygen atoms in total. The fourth-order valence-electron chi connectivity index (χ4n) is 4.46. The number of amides is 1. The molecule has 2 aliphatic heterocycles. The van der Waals surface area contributed by atoms with Crippen molar-refractivity contribution in [2.45, 2.75) is 39.3 Å². The molecule has 2 aliphatic rings. The van der Waals surface area contributed by atoms with E-state index in [4.69, 9.17) is 0 Å². The molecule has 0 saturated carbocycles. The average molecular weight is 349 g/mol. The van der Waals surface area contributed by atoms with Gasteiger partial charge in [0.15, 0.2) is 0 Å². The van der Waals surface area contributed by atoms with E-state index in [1.165, 1.54) is 28.8 Å². The second-order valence-electron chi connectivity index (χ2n) is 7.98. The Labute approximate surface area is 156 Å². The molecule has 4 rings (SSSR count). The highest BCUT2D eigenvalue weighted by atomic mass is 16.2. The molecular formula is C23H29N2O+. The Balaban J connectivity index is 1.38. The standard InChI is InChI=1S/C23H28N2O/c1-18-8-10-19(11-9-18)15-24-13-4-7-22(16-24)23(26)25-14-12-20-5-2-3-6-21(20)17-25/h2-3,5-6,8-11,22H,4,7,12-17H2,1H3/p+1/t22-/m0/s1. The monoisotopic (exact) mass is 349 g/mol. The second kappa shape index (κ2) is 7.63. The summed E-state index contributed by atoms with van der Waals surface area (Å²) in [5, 5.41) is 0. The van der Waals surface area contributed by atoms with Crippen molar-refractivity contribution in [1.82, 2.24) is 4.90 Å². The summed E-state index contributed by atoms with van der Waals surface area (Å²) in [6, 6.07) is 17.4. The first-order valence-corrected chi connectivity index (χ1v) is 9.94. The van der Waals surface area contributed by atoms with Crippen LogP contribution in [-0.2, 0) is 24.3 Å². The maximum atomic E-state index is 13.1. The summed E-state index contributed by atoms with van der Waals surface area (Å²) in [5.74, 6) is 0.565. The summed E-state index contributed by atoms with van der Waals surface area (Å²) in [4.78, 5) is 16.8. The highest BCUT2D eigenvalue weighted by molar-refractivity contribution is 5.79. The molecule has 0 bridgehead atoms. The van der Waals surface area contributed by atoms with Crippen molar-refractivity contribution < 1.29 is 9.69 Å². The molecule has 1 unspecified atom stereocenters. The Bertz CT molecular complexity index is 768. The Hall–Kier alpha value is -2.13. The lowest BCUT2D eigenvalue weighted by atomic mass is 9.93. The average Bonchev–Trinajstić information content (AvgIpc) is 2.69. The zero-order valence-electron chi connectivity index (χ0n) is 15.7. The van der Waals surface area contributed by atoms with Crippen LogP contribution in [0.5, 0.6) is 0 Å². The lowest BCUT2D eigenvalue weighted by Gasteiger charge is -2.35. The molecule has 0 aromatic heterocycles. The lowest BCUT2D eigenvalue weighted by Crippen LogP contribution is -3.12. The van der Waals surface area contributed by atoms with Gasteiger partial charge in [0.1, 0.15) is 6.54 Å². The number of rotatable bonds is 3. The highest BCUT2D eigenvalue weighted by Gasteiger charge is 2.33. The molecule has 1 saturated heterocycles. The molecular weight excluding hydrogens is 320 g/mol. The smallest absolute Gasteiger partial charge is 0.231 e. The van der Waals surface area contributed by atoms with Gasteiger partial charge < -0.3 is 9.80 Å². The molecule has 2 aromatic carbocycles. The molecule has 1 fully saturated rings. The first kappa shape index (κ1) is 17.3. The van der Waals surface area contributed by atoms with Crippen molar-refractivity contribution in [3.63, 3.8) is 0 Å². The largest absolute Gasteiger partial charge is 0.338 e. The van der Waals surface area contributed by atoms with E-state index in [2.05, 4.69) is 60.4 Å². The van der Waals surface area contributed by atoms with Crippen molar-refractivity contribution >= 4 is 5.91 Å². The maximum absolute atomic E-state index is 13.1. The van der Waals surface area contributed by atoms with E-state index in [0.717, 1.165) is 45.4 Å². The quantitative estimate of drug-likeness (QED) is 0.904. The third-order valence-electron chi connectivity index (χ3n) is 5.98. The van der Waals surface area contributed by atoms with Crippen LogP contribution in [0.25, 0.3) is 0 Å². The molecule has 1 N–H and O–H groups in total. The van der Waals surface area contributed by atoms with E-state index in [1.807, 2.05) is 0 Å². The van der Waals surface area contributed by atoms with Crippen LogP contribution in [0.3, 0.4) is 0 Å². The van der Waals surface area contributed by atoms with Gasteiger partial charge in [-0.25, -0.2) is 0 Å². The molecule has 26 heavy (non-hydrogen) atoms. The molecule has 2 aromatic rings. The van der Waals surface area contributed by atoms with Gasteiger partial charge in [-0.05, 0) is 37.3 Å². The number of hydrogen-bond acceptors (Lipinski definition) is 1. The Morgan fingerprint density at radius 1 is 1.12 bits per heavy atom. The van der Waals surface area contributed by atoms with Crippen LogP contribution in [-0.4, -0.2) is 30.4 Å². The number of hydrogen-bond donors (Lipinski definition) is 1. The fraction of sp³-hybridized carbons (Fsp3) is 0.435. The van der Waals surface area contributed by atoms with Gasteiger partial charge in [-0.15, -0.1) is 0 Å². The number of likely N-dealkylation sites (tertiary alicyclic amines) is 1. The number of aryl methyl sites for hydroxylation is 1. The molecule has 0 aliphatic carbocycles. The van der Waals surface area contributed by atoms with Gasteiger partial charge in [0.2, 0.25) is 5.91 Å². The van der Waals surface area contributed by atoms with E-state index in [9.17, 15) is 4.79 Å². The van der Waals surface area contributed by atoms with Crippen LogP contribution in [0.4, 0.5) is 0 Å². The maximum Gasteiger partial charge on any atom is 0.231 e. The van der Waals surface area contributed by atoms with Gasteiger partial charge in [-0.1, -0.05) is 54.1 Å². The van der Waals surface area contributed by atoms with E-state index in [-0.39, 0.29) is 5.92 Å². The van der Waals surface area contributed by atoms with E-state index in [0.29, 0.717) is 5.91 Å². The molecule has 3 heteroatoms. The SMILES string of the molecule is Cc1ccc(C[NH+]2CCC[C@H](C(=O)N3CCc4ccccc4C3)C2)cc1. The van der Waals surface area contributed by atoms with Crippen LogP contribution in [0, 0.1) is 12.8 Å². The summed E-state index contributed by atoms with van der Waals surface area (Å²) in [6.45, 7) is 6.99. The number of quaternary nitrogens is 1. The second-order valence-corrected chi connectivity index (χ2v) is 7.98. The van der Waals surface area contributed by atoms with Crippen molar-refractivity contribution in [3.8, 4) is 0 Å². The molecule has 136 valence electrons. The predicted molar refractivity (Wildman–Crippen MR) is 104 cm³/mol. The van der Waals surface area contributed by atoms with E-state index >= 15 is 0 Å². The first-order valence-electron chi connectivity index (χ1n) is 9.94. The first-order chi connectivity index (χ1) is 12.7. The summed E-state index contributed by atoms with van der Waals surface area (Å²) < 4.78 is 0. The number of fused-ring (bicyclic) bond motifs is 1. The normalized spacial score (nSPS) is 22.7. The van der Waals surface area contributed by atoms with Gasteiger partial charge in [0, 0.05) is 18.7 Å². The number of benzene rings is 2. The van der Waals surface area contributed by atoms with Crippen LogP contribution in [0.15, 0.2) is 48.5 Å². The van der Waals surface area contributed by atoms with Crippen molar-refractivity contribution in [3.05, 3.63) is 70.8 Å². The van der Waals surface area contributed by atoms with Crippen molar-refractivity contribution in [2.24, 2.45) is 5.92 Å². The number of nitrogens with one attached hydrogen (secondary N) is 1. The number of carbonyl (C=O) groups is 1. The zero-order valence-corrected chi connectivity index (χ0v) is 15.7. The number of piperidine rings is 1. The van der Waals surface area contributed by atoms with Gasteiger partial charge in [0.25, 0.3) is 0 Å². The summed E-state index contributed by atoms with van der Waals surface area (Å²) >= 11 is 0. The minimum absolute atomic E-state index is 0.189. The zero-order chi connectivity index (χ0) is 17.9. The molecule has 0 radical (unpaired) electrons. The number of carbonyl (C=O) groups excluding carboxylic acids is 1. The summed E-state index contributed by atoms with van der Waals surface area (Å²) in [7, 11) is 0. The van der Waals surface area contributed by atoms with Gasteiger partial charge in [0.05, 0.1) is 19.0 Å². The highest BCUT2D eigenvalue weighted by Crippen LogP contribution is 2.21. The predicted octanol–water partition coefficient (Wildman–Crippen LogP) is 2.37. The summed E-state index contributed by atoms with van der Waals surface area (Å²) in [5.41, 5.74) is 5.42. The molecule has 0 spiro atoms. The summed E-state index contributed by atoms with van der Waals surface area (Å²) in [6.07, 6.45) is 3.20. The van der Waals surface area contributed by atoms with Gasteiger partial charge >= 0.3 is 0 Å². The van der Waals surface area contributed by atoms with Crippen molar-refractivity contribution in [2.75, 3.05) is 19.6 Å². The molecule has 1 amide bonds. The third-order valence-corrected chi connectivity index (χ3v) is 5.98. The molecule has 2 atom stereocenters. The van der Waals surface area contributed by atoms with Crippen molar-refractivity contribution in [1.29, 1.82) is 0 Å². The van der Waals surface area contributed by atoms with Crippen LogP contribution in [0.2, 0.25) is 0 Å². The Morgan fingerprint density at radius 2 is 1.88 bits per heavy atom. The Kier molecular flexibility index (Phi) is 5.07. The van der Waals surface area contributed by atoms with Gasteiger partial charge in [-0.2, -0.15) is 0 Å². The van der Waals surface area contributed by atoms with E-state index < -0.39 is 0 Å². The third kappa shape index (κ3) is 3.83. The minimum atomic E-state index is 0.189. The lowest BCUT2D eigenvalue weighted by molar-refractivity contribution is -0.921. The Morgan fingerprint density at radius 3 is 2.69 bits per heavy atom. The molecule has 2 heterocycles.